The fraction of sp³-hybridized carbons (Fsp3) is 0.273. The predicted molar refractivity (Wildman–Crippen MR) is 105 cm³/mol. The highest BCUT2D eigenvalue weighted by atomic mass is 16.5. The lowest BCUT2D eigenvalue weighted by molar-refractivity contribution is -0.134. The highest BCUT2D eigenvalue weighted by Crippen LogP contribution is 2.24. The summed E-state index contributed by atoms with van der Waals surface area (Å²) in [4.78, 5) is 26.3. The number of rotatable bonds is 5. The Kier molecular flexibility index (Phi) is 5.12. The van der Waals surface area contributed by atoms with Gasteiger partial charge in [0, 0.05) is 18.0 Å². The van der Waals surface area contributed by atoms with Crippen molar-refractivity contribution in [3.63, 3.8) is 0 Å². The van der Waals surface area contributed by atoms with Gasteiger partial charge < -0.3 is 19.2 Å². The molecule has 1 atom stereocenters. The lowest BCUT2D eigenvalue weighted by atomic mass is 10.1. The largest absolute Gasteiger partial charge is 0.484 e. The Labute approximate surface area is 162 Å². The maximum absolute atomic E-state index is 12.4. The SMILES string of the molecule is O=C(COc1ccc2cc(-c3ccccc3)c(=O)oc2c1)N1CCC[C@H]1CO. The summed E-state index contributed by atoms with van der Waals surface area (Å²) in [6, 6.07) is 16.2. The zero-order chi connectivity index (χ0) is 19.5. The van der Waals surface area contributed by atoms with Crippen LogP contribution in [0.5, 0.6) is 5.75 Å². The zero-order valence-electron chi connectivity index (χ0n) is 15.3. The van der Waals surface area contributed by atoms with Crippen LogP contribution in [-0.2, 0) is 4.79 Å². The number of ether oxygens (including phenoxy) is 1. The summed E-state index contributed by atoms with van der Waals surface area (Å²) in [7, 11) is 0. The van der Waals surface area contributed by atoms with E-state index in [0.29, 0.717) is 23.4 Å². The Hall–Kier alpha value is -3.12. The first kappa shape index (κ1) is 18.3. The van der Waals surface area contributed by atoms with Gasteiger partial charge in [0.1, 0.15) is 11.3 Å². The Morgan fingerprint density at radius 1 is 1.18 bits per heavy atom. The smallest absolute Gasteiger partial charge is 0.344 e. The van der Waals surface area contributed by atoms with E-state index >= 15 is 0 Å². The Morgan fingerprint density at radius 3 is 2.79 bits per heavy atom. The lowest BCUT2D eigenvalue weighted by Crippen LogP contribution is -2.40. The van der Waals surface area contributed by atoms with Crippen molar-refractivity contribution >= 4 is 16.9 Å². The topological polar surface area (TPSA) is 80.0 Å². The number of carbonyl (C=O) groups is 1. The van der Waals surface area contributed by atoms with Crippen LogP contribution in [-0.4, -0.2) is 41.7 Å². The summed E-state index contributed by atoms with van der Waals surface area (Å²) < 4.78 is 11.1. The van der Waals surface area contributed by atoms with Crippen molar-refractivity contribution in [1.82, 2.24) is 4.90 Å². The summed E-state index contributed by atoms with van der Waals surface area (Å²) in [5.41, 5.74) is 1.29. The number of hydrogen-bond donors (Lipinski definition) is 1. The van der Waals surface area contributed by atoms with Crippen LogP contribution < -0.4 is 10.4 Å². The molecule has 144 valence electrons. The molecule has 0 aliphatic carbocycles. The predicted octanol–water partition coefficient (Wildman–Crippen LogP) is 2.82. The van der Waals surface area contributed by atoms with Crippen molar-refractivity contribution in [3.8, 4) is 16.9 Å². The van der Waals surface area contributed by atoms with Gasteiger partial charge in [-0.1, -0.05) is 30.3 Å². The van der Waals surface area contributed by atoms with E-state index in [0.717, 1.165) is 23.8 Å². The molecule has 1 aliphatic heterocycles. The first-order valence-electron chi connectivity index (χ1n) is 9.32. The number of fused-ring (bicyclic) bond motifs is 1. The molecule has 1 amide bonds. The second-order valence-corrected chi connectivity index (χ2v) is 6.87. The normalized spacial score (nSPS) is 16.5. The van der Waals surface area contributed by atoms with E-state index in [-0.39, 0.29) is 25.2 Å². The van der Waals surface area contributed by atoms with Gasteiger partial charge >= 0.3 is 5.63 Å². The van der Waals surface area contributed by atoms with Gasteiger partial charge in [0.05, 0.1) is 18.2 Å². The number of aliphatic hydroxyl groups excluding tert-OH is 1. The Balaban J connectivity index is 1.52. The standard InChI is InChI=1S/C22H21NO5/c24-13-17-7-4-10-23(17)21(25)14-27-18-9-8-16-11-19(15-5-2-1-3-6-15)22(26)28-20(16)12-18/h1-3,5-6,8-9,11-12,17,24H,4,7,10,13-14H2/t17-/m0/s1. The molecule has 1 saturated heterocycles. The molecule has 0 unspecified atom stereocenters. The summed E-state index contributed by atoms with van der Waals surface area (Å²) in [5, 5.41) is 10.1. The highest BCUT2D eigenvalue weighted by Gasteiger charge is 2.28. The molecule has 1 aromatic heterocycles. The molecule has 2 heterocycles. The van der Waals surface area contributed by atoms with Crippen LogP contribution >= 0.6 is 0 Å². The molecule has 2 aromatic carbocycles. The van der Waals surface area contributed by atoms with Crippen molar-refractivity contribution < 1.29 is 19.1 Å². The molecule has 6 heteroatoms. The van der Waals surface area contributed by atoms with Crippen molar-refractivity contribution in [3.05, 3.63) is 65.0 Å². The monoisotopic (exact) mass is 379 g/mol. The van der Waals surface area contributed by atoms with Crippen LogP contribution in [0.1, 0.15) is 12.8 Å². The molecule has 4 rings (SSSR count). The fourth-order valence-electron chi connectivity index (χ4n) is 3.58. The minimum atomic E-state index is -0.421. The number of carbonyl (C=O) groups excluding carboxylic acids is 1. The van der Waals surface area contributed by atoms with Crippen LogP contribution in [0.15, 0.2) is 63.8 Å². The number of benzene rings is 2. The molecule has 3 aromatic rings. The Bertz CT molecular complexity index is 1040. The summed E-state index contributed by atoms with van der Waals surface area (Å²) in [6.07, 6.45) is 1.70. The lowest BCUT2D eigenvalue weighted by Gasteiger charge is -2.22. The molecule has 1 aliphatic rings. The number of amides is 1. The van der Waals surface area contributed by atoms with Gasteiger partial charge in [-0.05, 0) is 36.6 Å². The Morgan fingerprint density at radius 2 is 2.00 bits per heavy atom. The number of aliphatic hydroxyl groups is 1. The van der Waals surface area contributed by atoms with Crippen molar-refractivity contribution in [2.45, 2.75) is 18.9 Å². The van der Waals surface area contributed by atoms with E-state index in [2.05, 4.69) is 0 Å². The van der Waals surface area contributed by atoms with Crippen molar-refractivity contribution in [1.29, 1.82) is 0 Å². The van der Waals surface area contributed by atoms with E-state index in [9.17, 15) is 14.7 Å². The minimum Gasteiger partial charge on any atom is -0.484 e. The van der Waals surface area contributed by atoms with Gasteiger partial charge in [0.2, 0.25) is 0 Å². The maximum atomic E-state index is 12.4. The fourth-order valence-corrected chi connectivity index (χ4v) is 3.58. The molecule has 1 fully saturated rings. The van der Waals surface area contributed by atoms with Gasteiger partial charge in [-0.2, -0.15) is 0 Å². The van der Waals surface area contributed by atoms with Crippen molar-refractivity contribution in [2.75, 3.05) is 19.8 Å². The van der Waals surface area contributed by atoms with Crippen LogP contribution in [0, 0.1) is 0 Å². The van der Waals surface area contributed by atoms with Crippen molar-refractivity contribution in [2.24, 2.45) is 0 Å². The average Bonchev–Trinajstić information content (AvgIpc) is 3.21. The third kappa shape index (κ3) is 3.64. The molecular formula is C22H21NO5. The average molecular weight is 379 g/mol. The molecular weight excluding hydrogens is 358 g/mol. The van der Waals surface area contributed by atoms with Crippen LogP contribution in [0.25, 0.3) is 22.1 Å². The quantitative estimate of drug-likeness (QED) is 0.690. The van der Waals surface area contributed by atoms with Gasteiger partial charge in [-0.15, -0.1) is 0 Å². The molecule has 6 nitrogen and oxygen atoms in total. The number of likely N-dealkylation sites (tertiary alicyclic amines) is 1. The van der Waals surface area contributed by atoms with Crippen LogP contribution in [0.3, 0.4) is 0 Å². The third-order valence-electron chi connectivity index (χ3n) is 5.06. The highest BCUT2D eigenvalue weighted by molar-refractivity contribution is 5.83. The first-order chi connectivity index (χ1) is 13.7. The van der Waals surface area contributed by atoms with Gasteiger partial charge in [0.25, 0.3) is 5.91 Å². The van der Waals surface area contributed by atoms with E-state index in [1.165, 1.54) is 0 Å². The molecule has 0 saturated carbocycles. The van der Waals surface area contributed by atoms with E-state index in [4.69, 9.17) is 9.15 Å². The number of nitrogens with zero attached hydrogens (tertiary/aromatic N) is 1. The molecule has 0 bridgehead atoms. The number of hydrogen-bond acceptors (Lipinski definition) is 5. The van der Waals surface area contributed by atoms with E-state index in [1.54, 1.807) is 29.2 Å². The van der Waals surface area contributed by atoms with Crippen LogP contribution in [0.2, 0.25) is 0 Å². The van der Waals surface area contributed by atoms with E-state index in [1.807, 2.05) is 30.3 Å². The summed E-state index contributed by atoms with van der Waals surface area (Å²) >= 11 is 0. The van der Waals surface area contributed by atoms with Gasteiger partial charge in [-0.3, -0.25) is 4.79 Å². The molecule has 1 N–H and O–H groups in total. The van der Waals surface area contributed by atoms with E-state index < -0.39 is 5.63 Å². The molecule has 28 heavy (non-hydrogen) atoms. The minimum absolute atomic E-state index is 0.0311. The zero-order valence-corrected chi connectivity index (χ0v) is 15.3. The second-order valence-electron chi connectivity index (χ2n) is 6.87. The third-order valence-corrected chi connectivity index (χ3v) is 5.06. The summed E-state index contributed by atoms with van der Waals surface area (Å²) in [5.74, 6) is 0.300. The maximum Gasteiger partial charge on any atom is 0.344 e. The molecule has 0 radical (unpaired) electrons. The second kappa shape index (κ2) is 7.86. The summed E-state index contributed by atoms with van der Waals surface area (Å²) in [6.45, 7) is 0.493. The van der Waals surface area contributed by atoms with Gasteiger partial charge in [0.15, 0.2) is 6.61 Å². The van der Waals surface area contributed by atoms with Crippen LogP contribution in [0.4, 0.5) is 0 Å². The van der Waals surface area contributed by atoms with Gasteiger partial charge in [-0.25, -0.2) is 4.79 Å². The molecule has 0 spiro atoms. The first-order valence-corrected chi connectivity index (χ1v) is 9.32.